The second-order valence-electron chi connectivity index (χ2n) is 5.66. The number of esters is 1. The molecular formula is C18H18N2O3S. The molecule has 2 heterocycles. The molecule has 5 nitrogen and oxygen atoms in total. The Morgan fingerprint density at radius 2 is 1.96 bits per heavy atom. The second-order valence-corrected chi connectivity index (χ2v) is 6.57. The van der Waals surface area contributed by atoms with Crippen molar-refractivity contribution >= 4 is 33.2 Å². The maximum Gasteiger partial charge on any atom is 0.338 e. The van der Waals surface area contributed by atoms with Gasteiger partial charge >= 0.3 is 5.97 Å². The molecular weight excluding hydrogens is 324 g/mol. The van der Waals surface area contributed by atoms with E-state index in [1.165, 1.54) is 14.0 Å². The lowest BCUT2D eigenvalue weighted by Crippen LogP contribution is -2.35. The van der Waals surface area contributed by atoms with Crippen molar-refractivity contribution in [2.75, 3.05) is 7.11 Å². The maximum absolute atomic E-state index is 12.4. The van der Waals surface area contributed by atoms with Crippen molar-refractivity contribution in [1.29, 1.82) is 0 Å². The van der Waals surface area contributed by atoms with Crippen molar-refractivity contribution in [3.05, 3.63) is 57.9 Å². The third-order valence-electron chi connectivity index (χ3n) is 4.20. The van der Waals surface area contributed by atoms with E-state index >= 15 is 0 Å². The van der Waals surface area contributed by atoms with Gasteiger partial charge in [-0.2, -0.15) is 0 Å². The van der Waals surface area contributed by atoms with Gasteiger partial charge in [-0.05, 0) is 36.2 Å². The van der Waals surface area contributed by atoms with Crippen LogP contribution in [0.4, 0.5) is 0 Å². The number of thiophene rings is 1. The van der Waals surface area contributed by atoms with Crippen LogP contribution < -0.4 is 11.1 Å². The monoisotopic (exact) mass is 342 g/mol. The zero-order valence-electron chi connectivity index (χ0n) is 13.7. The highest BCUT2D eigenvalue weighted by Gasteiger charge is 2.37. The minimum absolute atomic E-state index is 0.103. The van der Waals surface area contributed by atoms with Gasteiger partial charge in [0.25, 0.3) is 0 Å². The molecule has 1 aliphatic rings. The van der Waals surface area contributed by atoms with Crippen molar-refractivity contribution in [3.63, 3.8) is 0 Å². The highest BCUT2D eigenvalue weighted by molar-refractivity contribution is 7.17. The summed E-state index contributed by atoms with van der Waals surface area (Å²) in [5, 5.41) is 5.92. The highest BCUT2D eigenvalue weighted by atomic mass is 32.1. The van der Waals surface area contributed by atoms with Crippen molar-refractivity contribution in [2.24, 2.45) is 5.73 Å². The molecule has 6 heteroatoms. The number of ketones is 1. The van der Waals surface area contributed by atoms with E-state index < -0.39 is 11.9 Å². The smallest absolute Gasteiger partial charge is 0.338 e. The molecule has 1 aromatic carbocycles. The third-order valence-corrected chi connectivity index (χ3v) is 5.18. The number of methoxy groups -OCH3 is 1. The minimum Gasteiger partial charge on any atom is -0.466 e. The van der Waals surface area contributed by atoms with E-state index in [9.17, 15) is 9.59 Å². The van der Waals surface area contributed by atoms with Crippen LogP contribution in [0.5, 0.6) is 0 Å². The molecule has 1 unspecified atom stereocenters. The number of rotatable bonds is 3. The van der Waals surface area contributed by atoms with Crippen LogP contribution in [0.2, 0.25) is 0 Å². The van der Waals surface area contributed by atoms with Crippen LogP contribution >= 0.6 is 11.3 Å². The summed E-state index contributed by atoms with van der Waals surface area (Å²) in [7, 11) is 1.31. The molecule has 2 aromatic rings. The van der Waals surface area contributed by atoms with Crippen LogP contribution in [0.15, 0.2) is 52.3 Å². The van der Waals surface area contributed by atoms with E-state index in [1.807, 2.05) is 29.6 Å². The Hall–Kier alpha value is -2.60. The molecule has 3 rings (SSSR count). The summed E-state index contributed by atoms with van der Waals surface area (Å²) in [5.74, 6) is -0.947. The average molecular weight is 342 g/mol. The number of benzene rings is 1. The number of dihydropyridines is 1. The van der Waals surface area contributed by atoms with E-state index in [-0.39, 0.29) is 17.2 Å². The Kier molecular flexibility index (Phi) is 4.15. The van der Waals surface area contributed by atoms with Gasteiger partial charge in [-0.25, -0.2) is 4.79 Å². The predicted octanol–water partition coefficient (Wildman–Crippen LogP) is 2.79. The quantitative estimate of drug-likeness (QED) is 0.838. The largest absolute Gasteiger partial charge is 0.466 e. The van der Waals surface area contributed by atoms with Gasteiger partial charge < -0.3 is 15.8 Å². The Bertz CT molecular complexity index is 908. The SMILES string of the molecule is COC(=O)C1=C(N)NC(C)=C(C(C)=O)C1c1csc2ccccc12. The number of Topliss-reactive ketones (excluding diaryl/α,β-unsaturated/α-hetero) is 1. The Labute approximate surface area is 143 Å². The van der Waals surface area contributed by atoms with Gasteiger partial charge in [-0.1, -0.05) is 18.2 Å². The Morgan fingerprint density at radius 3 is 2.62 bits per heavy atom. The number of ether oxygens (including phenoxy) is 1. The van der Waals surface area contributed by atoms with Gasteiger partial charge in [0, 0.05) is 16.0 Å². The number of fused-ring (bicyclic) bond motifs is 1. The van der Waals surface area contributed by atoms with Crippen molar-refractivity contribution < 1.29 is 14.3 Å². The van der Waals surface area contributed by atoms with E-state index in [1.54, 1.807) is 18.3 Å². The molecule has 0 amide bonds. The number of hydrogen-bond acceptors (Lipinski definition) is 6. The molecule has 0 bridgehead atoms. The van der Waals surface area contributed by atoms with E-state index in [2.05, 4.69) is 5.32 Å². The van der Waals surface area contributed by atoms with Gasteiger partial charge in [-0.3, -0.25) is 4.79 Å². The van der Waals surface area contributed by atoms with Crippen LogP contribution in [0, 0.1) is 0 Å². The standard InChI is InChI=1S/C18H18N2O3S/c1-9-14(10(2)21)15(16(17(19)20-9)18(22)23-3)12-8-24-13-7-5-4-6-11(12)13/h4-8,15,20H,19H2,1-3H3. The zero-order valence-corrected chi connectivity index (χ0v) is 14.5. The maximum atomic E-state index is 12.4. The van der Waals surface area contributed by atoms with Crippen LogP contribution in [-0.2, 0) is 14.3 Å². The first kappa shape index (κ1) is 16.3. The topological polar surface area (TPSA) is 81.4 Å². The fourth-order valence-electron chi connectivity index (χ4n) is 3.19. The number of carbonyl (C=O) groups excluding carboxylic acids is 2. The molecule has 0 saturated heterocycles. The van der Waals surface area contributed by atoms with Gasteiger partial charge in [0.15, 0.2) is 5.78 Å². The molecule has 3 N–H and O–H groups in total. The molecule has 1 atom stereocenters. The molecule has 0 saturated carbocycles. The lowest BCUT2D eigenvalue weighted by Gasteiger charge is -2.29. The summed E-state index contributed by atoms with van der Waals surface area (Å²) < 4.78 is 6.01. The number of nitrogens with one attached hydrogen (secondary N) is 1. The lowest BCUT2D eigenvalue weighted by molar-refractivity contribution is -0.136. The summed E-state index contributed by atoms with van der Waals surface area (Å²) in [6.07, 6.45) is 0. The van der Waals surface area contributed by atoms with Gasteiger partial charge in [0.1, 0.15) is 5.82 Å². The summed E-state index contributed by atoms with van der Waals surface area (Å²) >= 11 is 1.58. The number of nitrogens with two attached hydrogens (primary N) is 1. The van der Waals surface area contributed by atoms with Crippen molar-refractivity contribution in [1.82, 2.24) is 5.32 Å². The molecule has 1 aromatic heterocycles. The summed E-state index contributed by atoms with van der Waals surface area (Å²) in [6, 6.07) is 7.90. The van der Waals surface area contributed by atoms with E-state index in [4.69, 9.17) is 10.5 Å². The molecule has 0 fully saturated rings. The second kappa shape index (κ2) is 6.13. The van der Waals surface area contributed by atoms with Crippen molar-refractivity contribution in [2.45, 2.75) is 19.8 Å². The van der Waals surface area contributed by atoms with Gasteiger partial charge in [-0.15, -0.1) is 11.3 Å². The fourth-order valence-corrected chi connectivity index (χ4v) is 4.18. The van der Waals surface area contributed by atoms with Crippen molar-refractivity contribution in [3.8, 4) is 0 Å². The molecule has 124 valence electrons. The van der Waals surface area contributed by atoms with Gasteiger partial charge in [0.05, 0.1) is 18.6 Å². The van der Waals surface area contributed by atoms with E-state index in [0.717, 1.165) is 15.6 Å². The Morgan fingerprint density at radius 1 is 1.25 bits per heavy atom. The van der Waals surface area contributed by atoms with Crippen LogP contribution in [0.3, 0.4) is 0 Å². The van der Waals surface area contributed by atoms with E-state index in [0.29, 0.717) is 11.3 Å². The fraction of sp³-hybridized carbons (Fsp3) is 0.222. The first-order valence-corrected chi connectivity index (χ1v) is 8.36. The molecule has 0 aliphatic carbocycles. The number of hydrogen-bond donors (Lipinski definition) is 2. The number of carbonyl (C=O) groups is 2. The number of allylic oxidation sites excluding steroid dienone is 2. The molecule has 24 heavy (non-hydrogen) atoms. The van der Waals surface area contributed by atoms with Crippen LogP contribution in [0.1, 0.15) is 25.3 Å². The normalized spacial score (nSPS) is 17.9. The highest BCUT2D eigenvalue weighted by Crippen LogP contribution is 2.42. The first-order chi connectivity index (χ1) is 11.5. The summed E-state index contributed by atoms with van der Waals surface area (Å²) in [4.78, 5) is 24.7. The summed E-state index contributed by atoms with van der Waals surface area (Å²) in [6.45, 7) is 3.29. The summed E-state index contributed by atoms with van der Waals surface area (Å²) in [5.41, 5.74) is 8.44. The average Bonchev–Trinajstić information content (AvgIpc) is 2.96. The molecule has 1 aliphatic heterocycles. The van der Waals surface area contributed by atoms with Gasteiger partial charge in [0.2, 0.25) is 0 Å². The Balaban J connectivity index is 2.30. The molecule has 0 spiro atoms. The van der Waals surface area contributed by atoms with Crippen LogP contribution in [-0.4, -0.2) is 18.9 Å². The molecule has 0 radical (unpaired) electrons. The first-order valence-electron chi connectivity index (χ1n) is 7.48. The zero-order chi connectivity index (χ0) is 17.4. The van der Waals surface area contributed by atoms with Crippen LogP contribution in [0.25, 0.3) is 10.1 Å². The minimum atomic E-state index is -0.536. The predicted molar refractivity (Wildman–Crippen MR) is 94.3 cm³/mol. The lowest BCUT2D eigenvalue weighted by atomic mass is 9.80. The third kappa shape index (κ3) is 2.49.